The fraction of sp³-hybridized carbons (Fsp3) is 0.667. The maximum atomic E-state index is 9.62. The van der Waals surface area contributed by atoms with Crippen molar-refractivity contribution in [2.45, 2.75) is 44.6 Å². The molecule has 0 saturated heterocycles. The number of aliphatic hydroxyl groups is 1. The number of anilines is 1. The summed E-state index contributed by atoms with van der Waals surface area (Å²) in [4.78, 5) is 8.12. The van der Waals surface area contributed by atoms with E-state index in [4.69, 9.17) is 11.6 Å². The first-order chi connectivity index (χ1) is 8.15. The first kappa shape index (κ1) is 12.6. The van der Waals surface area contributed by atoms with E-state index in [1.807, 2.05) is 6.92 Å². The summed E-state index contributed by atoms with van der Waals surface area (Å²) in [5.74, 6) is 0.737. The molecule has 0 unspecified atom stereocenters. The van der Waals surface area contributed by atoms with Gasteiger partial charge in [0.25, 0.3) is 0 Å². The summed E-state index contributed by atoms with van der Waals surface area (Å²) < 4.78 is 0. The third-order valence-electron chi connectivity index (χ3n) is 3.44. The highest BCUT2D eigenvalue weighted by molar-refractivity contribution is 6.28. The Hall–Kier alpha value is -0.870. The van der Waals surface area contributed by atoms with Gasteiger partial charge >= 0.3 is 0 Å². The number of aryl methyl sites for hydroxylation is 1. The van der Waals surface area contributed by atoms with Gasteiger partial charge < -0.3 is 10.4 Å². The Labute approximate surface area is 106 Å². The second-order valence-electron chi connectivity index (χ2n) is 4.79. The van der Waals surface area contributed by atoms with Crippen LogP contribution in [0.15, 0.2) is 6.20 Å². The van der Waals surface area contributed by atoms with E-state index in [1.54, 1.807) is 6.20 Å². The molecule has 1 heterocycles. The fourth-order valence-electron chi connectivity index (χ4n) is 2.35. The van der Waals surface area contributed by atoms with Crippen molar-refractivity contribution in [3.05, 3.63) is 17.0 Å². The van der Waals surface area contributed by atoms with Crippen molar-refractivity contribution in [3.8, 4) is 0 Å². The largest absolute Gasteiger partial charge is 0.394 e. The fourth-order valence-corrected chi connectivity index (χ4v) is 2.48. The molecule has 0 spiro atoms. The van der Waals surface area contributed by atoms with Crippen molar-refractivity contribution in [1.82, 2.24) is 9.97 Å². The standard InChI is InChI=1S/C12H18ClN3O/c1-9-7-14-11(13)15-10(9)16-12(8-17)5-3-2-4-6-12/h7,17H,2-6,8H2,1H3,(H,14,15,16). The maximum Gasteiger partial charge on any atom is 0.224 e. The van der Waals surface area contributed by atoms with E-state index >= 15 is 0 Å². The molecule has 2 rings (SSSR count). The summed E-state index contributed by atoms with van der Waals surface area (Å²) in [5.41, 5.74) is 0.716. The zero-order chi connectivity index (χ0) is 12.3. The van der Waals surface area contributed by atoms with Crippen LogP contribution in [0, 0.1) is 6.92 Å². The normalized spacial score (nSPS) is 19.0. The Bertz CT molecular complexity index is 391. The number of hydrogen-bond acceptors (Lipinski definition) is 4. The quantitative estimate of drug-likeness (QED) is 0.815. The third kappa shape index (κ3) is 2.87. The molecule has 1 fully saturated rings. The van der Waals surface area contributed by atoms with Crippen LogP contribution in [-0.4, -0.2) is 27.2 Å². The predicted octanol–water partition coefficient (Wildman–Crippen LogP) is 2.55. The third-order valence-corrected chi connectivity index (χ3v) is 3.62. The number of nitrogens with zero attached hydrogens (tertiary/aromatic N) is 2. The first-order valence-corrected chi connectivity index (χ1v) is 6.41. The Kier molecular flexibility index (Phi) is 3.84. The summed E-state index contributed by atoms with van der Waals surface area (Å²) in [6.45, 7) is 2.07. The summed E-state index contributed by atoms with van der Waals surface area (Å²) >= 11 is 5.80. The molecule has 1 aromatic rings. The Morgan fingerprint density at radius 3 is 2.76 bits per heavy atom. The highest BCUT2D eigenvalue weighted by atomic mass is 35.5. The number of hydrogen-bond donors (Lipinski definition) is 2. The number of aliphatic hydroxyl groups excluding tert-OH is 1. The molecule has 0 aliphatic heterocycles. The molecular formula is C12H18ClN3O. The van der Waals surface area contributed by atoms with E-state index in [0.717, 1.165) is 37.1 Å². The molecule has 1 aromatic heterocycles. The van der Waals surface area contributed by atoms with Crippen molar-refractivity contribution >= 4 is 17.4 Å². The van der Waals surface area contributed by atoms with Crippen LogP contribution >= 0.6 is 11.6 Å². The lowest BCUT2D eigenvalue weighted by Crippen LogP contribution is -2.44. The van der Waals surface area contributed by atoms with Crippen LogP contribution in [0.3, 0.4) is 0 Å². The van der Waals surface area contributed by atoms with Crippen molar-refractivity contribution < 1.29 is 5.11 Å². The average Bonchev–Trinajstić information content (AvgIpc) is 2.35. The molecule has 0 bridgehead atoms. The van der Waals surface area contributed by atoms with E-state index in [1.165, 1.54) is 6.42 Å². The molecule has 94 valence electrons. The van der Waals surface area contributed by atoms with E-state index < -0.39 is 0 Å². The molecule has 0 atom stereocenters. The minimum atomic E-state index is -0.235. The summed E-state index contributed by atoms with van der Waals surface area (Å²) in [6.07, 6.45) is 7.18. The van der Waals surface area contributed by atoms with Crippen LogP contribution in [0.4, 0.5) is 5.82 Å². The average molecular weight is 256 g/mol. The molecule has 0 aromatic carbocycles. The van der Waals surface area contributed by atoms with Crippen LogP contribution in [0.1, 0.15) is 37.7 Å². The molecule has 0 amide bonds. The van der Waals surface area contributed by atoms with Crippen molar-refractivity contribution in [1.29, 1.82) is 0 Å². The first-order valence-electron chi connectivity index (χ1n) is 6.03. The van der Waals surface area contributed by atoms with E-state index in [9.17, 15) is 5.11 Å². The summed E-state index contributed by atoms with van der Waals surface area (Å²) in [5, 5.41) is 13.2. The number of halogens is 1. The monoisotopic (exact) mass is 255 g/mol. The van der Waals surface area contributed by atoms with Crippen LogP contribution in [0.25, 0.3) is 0 Å². The van der Waals surface area contributed by atoms with E-state index in [2.05, 4.69) is 15.3 Å². The smallest absolute Gasteiger partial charge is 0.224 e. The molecule has 1 saturated carbocycles. The Balaban J connectivity index is 2.20. The Morgan fingerprint density at radius 1 is 1.41 bits per heavy atom. The van der Waals surface area contributed by atoms with Gasteiger partial charge in [-0.3, -0.25) is 0 Å². The molecule has 1 aliphatic carbocycles. The van der Waals surface area contributed by atoms with Crippen LogP contribution < -0.4 is 5.32 Å². The molecular weight excluding hydrogens is 238 g/mol. The van der Waals surface area contributed by atoms with Crippen molar-refractivity contribution in [2.24, 2.45) is 0 Å². The van der Waals surface area contributed by atoms with Gasteiger partial charge in [-0.2, -0.15) is 0 Å². The van der Waals surface area contributed by atoms with Gasteiger partial charge in [0, 0.05) is 11.8 Å². The summed E-state index contributed by atoms with van der Waals surface area (Å²) in [6, 6.07) is 0. The zero-order valence-corrected chi connectivity index (χ0v) is 10.8. The maximum absolute atomic E-state index is 9.62. The number of aromatic nitrogens is 2. The molecule has 1 aliphatic rings. The molecule has 2 N–H and O–H groups in total. The second kappa shape index (κ2) is 5.19. The van der Waals surface area contributed by atoms with Crippen molar-refractivity contribution in [2.75, 3.05) is 11.9 Å². The van der Waals surface area contributed by atoms with Gasteiger partial charge in [-0.15, -0.1) is 0 Å². The lowest BCUT2D eigenvalue weighted by molar-refractivity contribution is 0.172. The molecule has 5 heteroatoms. The minimum Gasteiger partial charge on any atom is -0.394 e. The van der Waals surface area contributed by atoms with E-state index in [-0.39, 0.29) is 17.4 Å². The topological polar surface area (TPSA) is 58.0 Å². The number of rotatable bonds is 3. The Morgan fingerprint density at radius 2 is 2.12 bits per heavy atom. The van der Waals surface area contributed by atoms with E-state index in [0.29, 0.717) is 0 Å². The van der Waals surface area contributed by atoms with Gasteiger partial charge in [0.05, 0.1) is 12.1 Å². The summed E-state index contributed by atoms with van der Waals surface area (Å²) in [7, 11) is 0. The van der Waals surface area contributed by atoms with Crippen molar-refractivity contribution in [3.63, 3.8) is 0 Å². The molecule has 17 heavy (non-hydrogen) atoms. The van der Waals surface area contributed by atoms with Gasteiger partial charge in [-0.25, -0.2) is 9.97 Å². The van der Waals surface area contributed by atoms with Gasteiger partial charge in [-0.1, -0.05) is 19.3 Å². The lowest BCUT2D eigenvalue weighted by atomic mass is 9.82. The van der Waals surface area contributed by atoms with Gasteiger partial charge in [-0.05, 0) is 31.4 Å². The second-order valence-corrected chi connectivity index (χ2v) is 5.13. The van der Waals surface area contributed by atoms with Gasteiger partial charge in [0.1, 0.15) is 5.82 Å². The highest BCUT2D eigenvalue weighted by Gasteiger charge is 2.31. The lowest BCUT2D eigenvalue weighted by Gasteiger charge is -2.37. The minimum absolute atomic E-state index is 0.133. The molecule has 0 radical (unpaired) electrons. The van der Waals surface area contributed by atoms with Gasteiger partial charge in [0.2, 0.25) is 5.28 Å². The van der Waals surface area contributed by atoms with Crippen LogP contribution in [-0.2, 0) is 0 Å². The predicted molar refractivity (Wildman–Crippen MR) is 68.3 cm³/mol. The highest BCUT2D eigenvalue weighted by Crippen LogP contribution is 2.31. The van der Waals surface area contributed by atoms with Crippen LogP contribution in [0.5, 0.6) is 0 Å². The van der Waals surface area contributed by atoms with Crippen LogP contribution in [0.2, 0.25) is 5.28 Å². The van der Waals surface area contributed by atoms with Gasteiger partial charge in [0.15, 0.2) is 0 Å². The molecule has 4 nitrogen and oxygen atoms in total. The number of nitrogens with one attached hydrogen (secondary N) is 1. The SMILES string of the molecule is Cc1cnc(Cl)nc1NC1(CO)CCCCC1. The zero-order valence-electron chi connectivity index (χ0n) is 10.0.